The number of hydrogen-bond donors (Lipinski definition) is 2. The molecule has 1 atom stereocenters. The summed E-state index contributed by atoms with van der Waals surface area (Å²) in [4.78, 5) is 11.1. The number of carbonyl (C=O) groups excluding carboxylic acids is 1. The van der Waals surface area contributed by atoms with Gasteiger partial charge in [0.05, 0.1) is 5.88 Å². The summed E-state index contributed by atoms with van der Waals surface area (Å²) in [5, 5.41) is 5.66. The maximum Gasteiger partial charge on any atom is 0.316 e. The standard InChI is InChI=1S/C10H12N2OS/c1-7-2-4-8(5-3-7)9-12-10(13)11-6-14-9/h2-5,9H,6H2,1H3,(H2,11,12,13). The largest absolute Gasteiger partial charge is 0.329 e. The van der Waals surface area contributed by atoms with Crippen LogP contribution in [0.5, 0.6) is 0 Å². The second kappa shape index (κ2) is 3.92. The van der Waals surface area contributed by atoms with Gasteiger partial charge in [0.15, 0.2) is 0 Å². The minimum atomic E-state index is -0.0886. The van der Waals surface area contributed by atoms with Crippen LogP contribution in [0.2, 0.25) is 0 Å². The summed E-state index contributed by atoms with van der Waals surface area (Å²) < 4.78 is 0. The van der Waals surface area contributed by atoms with Crippen LogP contribution in [0, 0.1) is 6.92 Å². The van der Waals surface area contributed by atoms with E-state index in [2.05, 4.69) is 41.8 Å². The molecule has 2 rings (SSSR count). The molecule has 1 aliphatic heterocycles. The lowest BCUT2D eigenvalue weighted by molar-refractivity contribution is 0.240. The summed E-state index contributed by atoms with van der Waals surface area (Å²) in [5.41, 5.74) is 2.38. The molecule has 1 aromatic carbocycles. The molecule has 2 amide bonds. The topological polar surface area (TPSA) is 41.1 Å². The maximum absolute atomic E-state index is 11.1. The van der Waals surface area contributed by atoms with Gasteiger partial charge >= 0.3 is 6.03 Å². The van der Waals surface area contributed by atoms with Crippen LogP contribution in [0.25, 0.3) is 0 Å². The van der Waals surface area contributed by atoms with Gasteiger partial charge < -0.3 is 10.6 Å². The smallest absolute Gasteiger partial charge is 0.316 e. The average Bonchev–Trinajstić information content (AvgIpc) is 2.19. The van der Waals surface area contributed by atoms with Crippen LogP contribution in [-0.4, -0.2) is 11.9 Å². The lowest BCUT2D eigenvalue weighted by Gasteiger charge is -2.24. The van der Waals surface area contributed by atoms with E-state index >= 15 is 0 Å². The molecule has 1 unspecified atom stereocenters. The van der Waals surface area contributed by atoms with Crippen molar-refractivity contribution in [1.29, 1.82) is 0 Å². The van der Waals surface area contributed by atoms with Crippen molar-refractivity contribution in [2.75, 3.05) is 5.88 Å². The zero-order valence-corrected chi connectivity index (χ0v) is 8.73. The number of urea groups is 1. The van der Waals surface area contributed by atoms with E-state index in [1.54, 1.807) is 11.8 Å². The van der Waals surface area contributed by atoms with Gasteiger partial charge in [0.1, 0.15) is 5.37 Å². The number of rotatable bonds is 1. The SMILES string of the molecule is Cc1ccc(C2NC(=O)NCS2)cc1. The zero-order valence-electron chi connectivity index (χ0n) is 7.91. The van der Waals surface area contributed by atoms with Crippen molar-refractivity contribution in [2.24, 2.45) is 0 Å². The summed E-state index contributed by atoms with van der Waals surface area (Å²) >= 11 is 1.68. The first-order valence-corrected chi connectivity index (χ1v) is 5.53. The number of aryl methyl sites for hydroxylation is 1. The average molecular weight is 208 g/mol. The van der Waals surface area contributed by atoms with E-state index in [9.17, 15) is 4.79 Å². The summed E-state index contributed by atoms with van der Waals surface area (Å²) in [6.07, 6.45) is 0. The van der Waals surface area contributed by atoms with Crippen LogP contribution in [0.15, 0.2) is 24.3 Å². The number of amides is 2. The summed E-state index contributed by atoms with van der Waals surface area (Å²) in [6.45, 7) is 2.05. The highest BCUT2D eigenvalue weighted by Gasteiger charge is 2.18. The Morgan fingerprint density at radius 1 is 1.36 bits per heavy atom. The van der Waals surface area contributed by atoms with E-state index < -0.39 is 0 Å². The van der Waals surface area contributed by atoms with Crippen LogP contribution in [0.3, 0.4) is 0 Å². The van der Waals surface area contributed by atoms with Gasteiger partial charge in [-0.25, -0.2) is 4.79 Å². The van der Waals surface area contributed by atoms with Gasteiger partial charge in [-0.05, 0) is 12.5 Å². The van der Waals surface area contributed by atoms with Crippen molar-refractivity contribution in [2.45, 2.75) is 12.3 Å². The van der Waals surface area contributed by atoms with Crippen molar-refractivity contribution in [3.8, 4) is 0 Å². The third-order valence-corrected chi connectivity index (χ3v) is 3.16. The zero-order chi connectivity index (χ0) is 9.97. The molecule has 1 fully saturated rings. The Balaban J connectivity index is 2.14. The third-order valence-electron chi connectivity index (χ3n) is 2.13. The Hall–Kier alpha value is -1.16. The van der Waals surface area contributed by atoms with Crippen LogP contribution in [0.1, 0.15) is 16.5 Å². The molecule has 2 N–H and O–H groups in total. The fraction of sp³-hybridized carbons (Fsp3) is 0.300. The van der Waals surface area contributed by atoms with Crippen LogP contribution in [-0.2, 0) is 0 Å². The van der Waals surface area contributed by atoms with Crippen LogP contribution < -0.4 is 10.6 Å². The van der Waals surface area contributed by atoms with E-state index in [1.165, 1.54) is 5.56 Å². The Kier molecular flexibility index (Phi) is 2.63. The van der Waals surface area contributed by atoms with Crippen LogP contribution in [0.4, 0.5) is 4.79 Å². The van der Waals surface area contributed by atoms with Gasteiger partial charge in [0, 0.05) is 0 Å². The predicted molar refractivity (Wildman–Crippen MR) is 58.0 cm³/mol. The second-order valence-electron chi connectivity index (χ2n) is 3.25. The highest BCUT2D eigenvalue weighted by Crippen LogP contribution is 2.27. The van der Waals surface area contributed by atoms with Crippen LogP contribution >= 0.6 is 11.8 Å². The van der Waals surface area contributed by atoms with Crippen molar-refractivity contribution in [3.63, 3.8) is 0 Å². The molecular formula is C10H12N2OS. The Bertz CT molecular complexity index is 336. The lowest BCUT2D eigenvalue weighted by atomic mass is 10.1. The molecule has 0 aliphatic carbocycles. The van der Waals surface area contributed by atoms with Crippen molar-refractivity contribution < 1.29 is 4.79 Å². The quantitative estimate of drug-likeness (QED) is 0.741. The Morgan fingerprint density at radius 3 is 2.71 bits per heavy atom. The molecule has 0 radical (unpaired) electrons. The molecule has 0 bridgehead atoms. The van der Waals surface area contributed by atoms with Crippen molar-refractivity contribution in [3.05, 3.63) is 35.4 Å². The summed E-state index contributed by atoms with van der Waals surface area (Å²) in [6, 6.07) is 8.14. The molecule has 0 saturated carbocycles. The van der Waals surface area contributed by atoms with Gasteiger partial charge in [-0.15, -0.1) is 11.8 Å². The minimum absolute atomic E-state index is 0.0874. The number of hydrogen-bond acceptors (Lipinski definition) is 2. The van der Waals surface area contributed by atoms with Crippen molar-refractivity contribution in [1.82, 2.24) is 10.6 Å². The number of nitrogens with one attached hydrogen (secondary N) is 2. The summed E-state index contributed by atoms with van der Waals surface area (Å²) in [7, 11) is 0. The van der Waals surface area contributed by atoms with Gasteiger partial charge in [0.25, 0.3) is 0 Å². The molecule has 1 aromatic rings. The monoisotopic (exact) mass is 208 g/mol. The highest BCUT2D eigenvalue weighted by atomic mass is 32.2. The Labute approximate surface area is 87.3 Å². The normalized spacial score (nSPS) is 21.2. The molecule has 14 heavy (non-hydrogen) atoms. The van der Waals surface area contributed by atoms with E-state index in [4.69, 9.17) is 0 Å². The number of carbonyl (C=O) groups is 1. The van der Waals surface area contributed by atoms with E-state index in [-0.39, 0.29) is 11.4 Å². The van der Waals surface area contributed by atoms with Gasteiger partial charge in [-0.1, -0.05) is 29.8 Å². The first kappa shape index (κ1) is 9.40. The molecule has 1 heterocycles. The Morgan fingerprint density at radius 2 is 2.07 bits per heavy atom. The fourth-order valence-electron chi connectivity index (χ4n) is 1.32. The number of benzene rings is 1. The molecule has 3 nitrogen and oxygen atoms in total. The van der Waals surface area contributed by atoms with E-state index in [0.717, 1.165) is 5.56 Å². The summed E-state index contributed by atoms with van der Waals surface area (Å²) in [5.74, 6) is 0.671. The number of thioether (sulfide) groups is 1. The molecule has 4 heteroatoms. The predicted octanol–water partition coefficient (Wildman–Crippen LogP) is 2.00. The molecule has 1 aliphatic rings. The van der Waals surface area contributed by atoms with Gasteiger partial charge in [0.2, 0.25) is 0 Å². The maximum atomic E-state index is 11.1. The van der Waals surface area contributed by atoms with E-state index in [0.29, 0.717) is 5.88 Å². The van der Waals surface area contributed by atoms with Gasteiger partial charge in [-0.2, -0.15) is 0 Å². The molecular weight excluding hydrogens is 196 g/mol. The van der Waals surface area contributed by atoms with Gasteiger partial charge in [-0.3, -0.25) is 0 Å². The van der Waals surface area contributed by atoms with E-state index in [1.807, 2.05) is 0 Å². The first-order valence-electron chi connectivity index (χ1n) is 4.48. The molecule has 0 spiro atoms. The third kappa shape index (κ3) is 2.01. The second-order valence-corrected chi connectivity index (χ2v) is 4.35. The fourth-order valence-corrected chi connectivity index (χ4v) is 2.24. The molecule has 0 aromatic heterocycles. The molecule has 1 saturated heterocycles. The minimum Gasteiger partial charge on any atom is -0.329 e. The van der Waals surface area contributed by atoms with Crippen molar-refractivity contribution >= 4 is 17.8 Å². The first-order chi connectivity index (χ1) is 6.75. The highest BCUT2D eigenvalue weighted by molar-refractivity contribution is 7.99. The lowest BCUT2D eigenvalue weighted by Crippen LogP contribution is -2.41. The molecule has 74 valence electrons.